The van der Waals surface area contributed by atoms with Crippen molar-refractivity contribution in [2.24, 2.45) is 0 Å². The summed E-state index contributed by atoms with van der Waals surface area (Å²) in [6, 6.07) is 8.97. The molecule has 3 aromatic rings. The highest BCUT2D eigenvalue weighted by atomic mass is 32.2. The Labute approximate surface area is 159 Å². The lowest BCUT2D eigenvalue weighted by atomic mass is 10.2. The molecular weight excluding hydrogens is 392 g/mol. The molecule has 3 rings (SSSR count). The normalized spacial score (nSPS) is 12.0. The number of halogens is 2. The van der Waals surface area contributed by atoms with Gasteiger partial charge in [0.25, 0.3) is 5.56 Å². The fourth-order valence-electron chi connectivity index (χ4n) is 2.64. The number of rotatable bonds is 7. The summed E-state index contributed by atoms with van der Waals surface area (Å²) in [5.41, 5.74) is 0.00989. The summed E-state index contributed by atoms with van der Waals surface area (Å²) in [5, 5.41) is 0.373. The van der Waals surface area contributed by atoms with Crippen molar-refractivity contribution in [3.8, 4) is 0 Å². The topological polar surface area (TPSA) is 92.4 Å². The standard InChI is InChI=1S/C18H17F2N3O4S/c1-27-9-8-23(28(25,26)12-6-7-14(19)15(20)10-12)11-17-21-16-5-3-2-4-13(16)18(24)22-17/h2-7,10H,8-9,11H2,1H3,(H,21,22,24). The number of benzene rings is 2. The van der Waals surface area contributed by atoms with Gasteiger partial charge in [0.05, 0.1) is 29.0 Å². The molecule has 0 unspecified atom stereocenters. The molecule has 148 valence electrons. The summed E-state index contributed by atoms with van der Waals surface area (Å²) in [6.07, 6.45) is 0. The van der Waals surface area contributed by atoms with Gasteiger partial charge < -0.3 is 9.72 Å². The second-order valence-corrected chi connectivity index (χ2v) is 7.88. The molecule has 7 nitrogen and oxygen atoms in total. The molecule has 1 N–H and O–H groups in total. The van der Waals surface area contributed by atoms with Crippen molar-refractivity contribution in [2.45, 2.75) is 11.4 Å². The smallest absolute Gasteiger partial charge is 0.258 e. The van der Waals surface area contributed by atoms with Crippen LogP contribution in [0.5, 0.6) is 0 Å². The number of fused-ring (bicyclic) bond motifs is 1. The Morgan fingerprint density at radius 3 is 2.61 bits per heavy atom. The minimum absolute atomic E-state index is 0.0563. The van der Waals surface area contributed by atoms with Crippen molar-refractivity contribution in [1.82, 2.24) is 14.3 Å². The molecule has 0 amide bonds. The highest BCUT2D eigenvalue weighted by Crippen LogP contribution is 2.20. The quantitative estimate of drug-likeness (QED) is 0.645. The summed E-state index contributed by atoms with van der Waals surface area (Å²) in [7, 11) is -2.79. The van der Waals surface area contributed by atoms with Gasteiger partial charge >= 0.3 is 0 Å². The SMILES string of the molecule is COCCN(Cc1nc2ccccc2c(=O)[nH]1)S(=O)(=O)c1ccc(F)c(F)c1. The van der Waals surface area contributed by atoms with Crippen LogP contribution >= 0.6 is 0 Å². The Morgan fingerprint density at radius 2 is 1.89 bits per heavy atom. The average molecular weight is 409 g/mol. The first kappa shape index (κ1) is 20.1. The van der Waals surface area contributed by atoms with Gasteiger partial charge in [-0.25, -0.2) is 22.2 Å². The minimum Gasteiger partial charge on any atom is -0.383 e. The Morgan fingerprint density at radius 1 is 1.14 bits per heavy atom. The molecule has 1 aromatic heterocycles. The first-order valence-corrected chi connectivity index (χ1v) is 9.69. The highest BCUT2D eigenvalue weighted by Gasteiger charge is 2.26. The summed E-state index contributed by atoms with van der Waals surface area (Å²) < 4.78 is 58.5. The number of aromatic nitrogens is 2. The number of methoxy groups -OCH3 is 1. The first-order chi connectivity index (χ1) is 13.3. The molecular formula is C18H17F2N3O4S. The number of nitrogens with one attached hydrogen (secondary N) is 1. The van der Waals surface area contributed by atoms with Gasteiger partial charge in [-0.1, -0.05) is 12.1 Å². The van der Waals surface area contributed by atoms with Crippen LogP contribution in [0, 0.1) is 11.6 Å². The third-order valence-corrected chi connectivity index (χ3v) is 5.90. The molecule has 0 spiro atoms. The van der Waals surface area contributed by atoms with Crippen molar-refractivity contribution >= 4 is 20.9 Å². The number of sulfonamides is 1. The predicted molar refractivity (Wildman–Crippen MR) is 98.2 cm³/mol. The molecule has 2 aromatic carbocycles. The van der Waals surface area contributed by atoms with E-state index in [0.29, 0.717) is 17.0 Å². The zero-order valence-electron chi connectivity index (χ0n) is 14.9. The predicted octanol–water partition coefficient (Wildman–Crippen LogP) is 2.04. The van der Waals surface area contributed by atoms with Gasteiger partial charge in [-0.2, -0.15) is 4.31 Å². The number of hydrogen-bond donors (Lipinski definition) is 1. The fourth-order valence-corrected chi connectivity index (χ4v) is 4.04. The molecule has 28 heavy (non-hydrogen) atoms. The maximum Gasteiger partial charge on any atom is 0.258 e. The maximum absolute atomic E-state index is 13.5. The van der Waals surface area contributed by atoms with E-state index in [-0.39, 0.29) is 25.5 Å². The Hall–Kier alpha value is -2.69. The van der Waals surface area contributed by atoms with E-state index in [1.165, 1.54) is 7.11 Å². The van der Waals surface area contributed by atoms with E-state index >= 15 is 0 Å². The van der Waals surface area contributed by atoms with Crippen molar-refractivity contribution in [3.63, 3.8) is 0 Å². The molecule has 0 bridgehead atoms. The number of hydrogen-bond acceptors (Lipinski definition) is 5. The zero-order chi connectivity index (χ0) is 20.3. The Bertz CT molecular complexity index is 1160. The molecule has 10 heteroatoms. The minimum atomic E-state index is -4.19. The fraction of sp³-hybridized carbons (Fsp3) is 0.222. The summed E-state index contributed by atoms with van der Waals surface area (Å²) >= 11 is 0. The molecule has 0 aliphatic heterocycles. The molecule has 0 saturated carbocycles. The summed E-state index contributed by atoms with van der Waals surface area (Å²) in [4.78, 5) is 18.6. The van der Waals surface area contributed by atoms with Crippen LogP contribution in [0.1, 0.15) is 5.82 Å². The number of ether oxygens (including phenoxy) is 1. The highest BCUT2D eigenvalue weighted by molar-refractivity contribution is 7.89. The van der Waals surface area contributed by atoms with E-state index in [1.54, 1.807) is 24.3 Å². The monoisotopic (exact) mass is 409 g/mol. The van der Waals surface area contributed by atoms with Gasteiger partial charge in [-0.05, 0) is 30.3 Å². The van der Waals surface area contributed by atoms with E-state index in [0.717, 1.165) is 16.4 Å². The zero-order valence-corrected chi connectivity index (χ0v) is 15.7. The summed E-state index contributed by atoms with van der Waals surface area (Å²) in [5.74, 6) is -2.31. The van der Waals surface area contributed by atoms with Crippen molar-refractivity contribution in [2.75, 3.05) is 20.3 Å². The van der Waals surface area contributed by atoms with Gasteiger partial charge in [0.1, 0.15) is 5.82 Å². The number of para-hydroxylation sites is 1. The molecule has 0 aliphatic rings. The number of aromatic amines is 1. The summed E-state index contributed by atoms with van der Waals surface area (Å²) in [6.45, 7) is -0.292. The van der Waals surface area contributed by atoms with E-state index < -0.39 is 32.1 Å². The van der Waals surface area contributed by atoms with Gasteiger partial charge in [0.2, 0.25) is 10.0 Å². The second-order valence-electron chi connectivity index (χ2n) is 5.94. The van der Waals surface area contributed by atoms with Crippen LogP contribution in [-0.4, -0.2) is 43.0 Å². The van der Waals surface area contributed by atoms with Gasteiger partial charge in [-0.15, -0.1) is 0 Å². The lowest BCUT2D eigenvalue weighted by molar-refractivity contribution is 0.176. The largest absolute Gasteiger partial charge is 0.383 e. The number of nitrogens with zero attached hydrogens (tertiary/aromatic N) is 2. The van der Waals surface area contributed by atoms with Crippen LogP contribution in [0.15, 0.2) is 52.2 Å². The Balaban J connectivity index is 2.00. The Kier molecular flexibility index (Phi) is 5.82. The molecule has 0 aliphatic carbocycles. The lowest BCUT2D eigenvalue weighted by Crippen LogP contribution is -2.34. The van der Waals surface area contributed by atoms with Crippen molar-refractivity contribution in [1.29, 1.82) is 0 Å². The molecule has 0 fully saturated rings. The molecule has 0 radical (unpaired) electrons. The van der Waals surface area contributed by atoms with Crippen LogP contribution < -0.4 is 5.56 Å². The second kappa shape index (κ2) is 8.13. The maximum atomic E-state index is 13.5. The molecule has 1 heterocycles. The van der Waals surface area contributed by atoms with E-state index in [2.05, 4.69) is 9.97 Å². The van der Waals surface area contributed by atoms with Gasteiger partial charge in [0, 0.05) is 13.7 Å². The first-order valence-electron chi connectivity index (χ1n) is 8.25. The van der Waals surface area contributed by atoms with Crippen LogP contribution in [0.4, 0.5) is 8.78 Å². The third kappa shape index (κ3) is 4.08. The van der Waals surface area contributed by atoms with Crippen LogP contribution in [0.2, 0.25) is 0 Å². The lowest BCUT2D eigenvalue weighted by Gasteiger charge is -2.21. The van der Waals surface area contributed by atoms with Crippen LogP contribution in [0.3, 0.4) is 0 Å². The van der Waals surface area contributed by atoms with Gasteiger partial charge in [-0.3, -0.25) is 4.79 Å². The molecule has 0 atom stereocenters. The van der Waals surface area contributed by atoms with E-state index in [1.807, 2.05) is 0 Å². The van der Waals surface area contributed by atoms with E-state index in [4.69, 9.17) is 4.74 Å². The van der Waals surface area contributed by atoms with Crippen LogP contribution in [-0.2, 0) is 21.3 Å². The average Bonchev–Trinajstić information content (AvgIpc) is 2.67. The van der Waals surface area contributed by atoms with Crippen molar-refractivity contribution in [3.05, 3.63) is 70.3 Å². The van der Waals surface area contributed by atoms with Crippen molar-refractivity contribution < 1.29 is 21.9 Å². The van der Waals surface area contributed by atoms with E-state index in [9.17, 15) is 22.0 Å². The van der Waals surface area contributed by atoms with Gasteiger partial charge in [0.15, 0.2) is 11.6 Å². The number of H-pyrrole nitrogens is 1. The molecule has 0 saturated heterocycles. The van der Waals surface area contributed by atoms with Crippen LogP contribution in [0.25, 0.3) is 10.9 Å². The third-order valence-electron chi connectivity index (χ3n) is 4.06.